The fourth-order valence-corrected chi connectivity index (χ4v) is 8.65. The van der Waals surface area contributed by atoms with Gasteiger partial charge in [0.15, 0.2) is 15.5 Å². The molecule has 0 aliphatic carbocycles. The van der Waals surface area contributed by atoms with Crippen LogP contribution >= 0.6 is 35.3 Å². The van der Waals surface area contributed by atoms with Gasteiger partial charge in [-0.05, 0) is 69.7 Å². The lowest BCUT2D eigenvalue weighted by molar-refractivity contribution is -0.140. The Morgan fingerprint density at radius 1 is 0.423 bits per heavy atom. The van der Waals surface area contributed by atoms with Gasteiger partial charge >= 0.3 is 54.1 Å². The van der Waals surface area contributed by atoms with Crippen LogP contribution in [0.1, 0.15) is 59.5 Å². The van der Waals surface area contributed by atoms with Gasteiger partial charge in [0.05, 0.1) is 97.3 Å². The number of carbonyl (C=O) groups excluding carboxylic acids is 10. The second-order valence-corrected chi connectivity index (χ2v) is 20.6. The van der Waals surface area contributed by atoms with E-state index in [9.17, 15) is 53.1 Å². The van der Waals surface area contributed by atoms with E-state index < -0.39 is 54.1 Å². The molecule has 0 atom stereocenters. The second-order valence-electron chi connectivity index (χ2n) is 17.8. The van der Waals surface area contributed by atoms with Gasteiger partial charge in [0, 0.05) is 40.8 Å². The number of hydrazine groups is 3. The summed E-state index contributed by atoms with van der Waals surface area (Å²) in [6, 6.07) is 13.9. The molecule has 0 unspecified atom stereocenters. The minimum Gasteiger partial charge on any atom is -0.508 e. The SMILES string of the molecule is CCOC(=O)CSc1nc(NNC(=O)OC)nc(Nc2ccc(CC(=O)OC)c(C(=O)OC)c2)n1.CCOC(=O)CSc1nc(NNC(=O)OC)nc(Nc2ccc(CC(C)=O)c(O)c2)n1.CCOC(=O)CSc1nc(NNC(=O)OC)nc(Nc2ccc(N)c(C(=O)OC)c2)n1. The molecule has 12 N–H and O–H groups in total. The summed E-state index contributed by atoms with van der Waals surface area (Å²) in [7, 11) is 7.27. The Morgan fingerprint density at radius 3 is 1.12 bits per heavy atom. The Bertz CT molecular complexity index is 3750. The lowest BCUT2D eigenvalue weighted by Crippen LogP contribution is -2.30. The van der Waals surface area contributed by atoms with Gasteiger partial charge in [-0.25, -0.2) is 40.3 Å². The second kappa shape index (κ2) is 41.2. The summed E-state index contributed by atoms with van der Waals surface area (Å²) in [4.78, 5) is 153. The molecule has 0 spiro atoms. The first-order valence-corrected chi connectivity index (χ1v) is 30.7. The summed E-state index contributed by atoms with van der Waals surface area (Å²) < 4.78 is 42.2. The number of esters is 6. The zero-order valence-electron chi connectivity index (χ0n) is 53.4. The number of carbonyl (C=O) groups is 10. The highest BCUT2D eigenvalue weighted by molar-refractivity contribution is 8.00. The minimum atomic E-state index is -0.787. The van der Waals surface area contributed by atoms with Crippen molar-refractivity contribution < 1.29 is 95.7 Å². The number of nitrogens with one attached hydrogen (secondary N) is 9. The van der Waals surface area contributed by atoms with Crippen molar-refractivity contribution >= 4 is 154 Å². The monoisotopic (exact) mass is 1410 g/mol. The smallest absolute Gasteiger partial charge is 0.425 e. The number of rotatable bonds is 30. The van der Waals surface area contributed by atoms with E-state index >= 15 is 0 Å². The van der Waals surface area contributed by atoms with Crippen LogP contribution in [0, 0.1) is 0 Å². The van der Waals surface area contributed by atoms with Gasteiger partial charge in [-0.3, -0.25) is 40.3 Å². The van der Waals surface area contributed by atoms with Crippen molar-refractivity contribution in [3.05, 3.63) is 76.9 Å². The normalized spacial score (nSPS) is 10.1. The number of amides is 3. The fraction of sp³-hybridized carbons (Fsp3) is 0.327. The molecule has 42 heteroatoms. The van der Waals surface area contributed by atoms with Crippen LogP contribution in [-0.4, -0.2) is 190 Å². The summed E-state index contributed by atoms with van der Waals surface area (Å²) in [5.74, 6) is -3.31. The maximum Gasteiger partial charge on any atom is 0.425 e. The van der Waals surface area contributed by atoms with E-state index in [2.05, 4.69) is 112 Å². The summed E-state index contributed by atoms with van der Waals surface area (Å²) >= 11 is 3.00. The van der Waals surface area contributed by atoms with Crippen molar-refractivity contribution in [2.45, 2.75) is 56.0 Å². The summed E-state index contributed by atoms with van der Waals surface area (Å²) in [5.41, 5.74) is 22.6. The highest BCUT2D eigenvalue weighted by Gasteiger charge is 2.20. The van der Waals surface area contributed by atoms with E-state index in [0.717, 1.165) is 35.3 Å². The van der Waals surface area contributed by atoms with Crippen molar-refractivity contribution in [2.75, 3.05) is 118 Å². The van der Waals surface area contributed by atoms with E-state index in [4.69, 9.17) is 29.4 Å². The molecule has 3 aromatic carbocycles. The highest BCUT2D eigenvalue weighted by Crippen LogP contribution is 2.28. The molecule has 3 heterocycles. The number of nitrogen functional groups attached to an aromatic ring is 1. The van der Waals surface area contributed by atoms with Crippen LogP contribution in [0.4, 0.5) is 72.8 Å². The zero-order valence-corrected chi connectivity index (χ0v) is 55.8. The summed E-state index contributed by atoms with van der Waals surface area (Å²) in [6.07, 6.45) is -2.34. The van der Waals surface area contributed by atoms with Crippen LogP contribution in [-0.2, 0) is 79.4 Å². The average Bonchev–Trinajstić information content (AvgIpc) is 0.855. The topological polar surface area (TPSA) is 524 Å². The van der Waals surface area contributed by atoms with E-state index in [1.807, 2.05) is 0 Å². The third-order valence-electron chi connectivity index (χ3n) is 10.9. The summed E-state index contributed by atoms with van der Waals surface area (Å²) in [6.45, 7) is 7.25. The largest absolute Gasteiger partial charge is 0.508 e. The Hall–Kier alpha value is -11.6. The first kappa shape index (κ1) is 77.9. The molecule has 6 rings (SSSR count). The molecular formula is C55H67N19O20S3. The predicted molar refractivity (Wildman–Crippen MR) is 347 cm³/mol. The first-order chi connectivity index (χ1) is 46.4. The number of hydrogen-bond donors (Lipinski definition) is 11. The van der Waals surface area contributed by atoms with Gasteiger partial charge in [0.2, 0.25) is 35.7 Å². The van der Waals surface area contributed by atoms with Crippen LogP contribution < -0.4 is 54.2 Å². The maximum absolute atomic E-state index is 12.2. The molecule has 0 fully saturated rings. The van der Waals surface area contributed by atoms with Crippen molar-refractivity contribution in [2.24, 2.45) is 0 Å². The van der Waals surface area contributed by atoms with E-state index in [1.165, 1.54) is 73.8 Å². The lowest BCUT2D eigenvalue weighted by Gasteiger charge is -2.12. The zero-order chi connectivity index (χ0) is 71.4. The van der Waals surface area contributed by atoms with Crippen LogP contribution in [0.5, 0.6) is 5.75 Å². The van der Waals surface area contributed by atoms with E-state index in [1.54, 1.807) is 51.1 Å². The van der Waals surface area contributed by atoms with Gasteiger partial charge in [-0.2, -0.15) is 44.9 Å². The molecule has 0 saturated carbocycles. The molecular weight excluding hydrogens is 1340 g/mol. The van der Waals surface area contributed by atoms with Crippen LogP contribution in [0.25, 0.3) is 0 Å². The number of nitrogens with zero attached hydrogens (tertiary/aromatic N) is 9. The fourth-order valence-electron chi connectivity index (χ4n) is 6.75. The number of ether oxygens (including phenoxy) is 9. The Morgan fingerprint density at radius 2 is 0.773 bits per heavy atom. The Kier molecular flexibility index (Phi) is 33.1. The Balaban J connectivity index is 0.000000310. The number of thioether (sulfide) groups is 3. The molecule has 0 saturated heterocycles. The van der Waals surface area contributed by atoms with Crippen molar-refractivity contribution in [3.8, 4) is 5.75 Å². The number of hydrogen-bond acceptors (Lipinski definition) is 39. The first-order valence-electron chi connectivity index (χ1n) is 27.8. The van der Waals surface area contributed by atoms with E-state index in [-0.39, 0.29) is 129 Å². The molecule has 0 bridgehead atoms. The van der Waals surface area contributed by atoms with Gasteiger partial charge in [-0.15, -0.1) is 0 Å². The lowest BCUT2D eigenvalue weighted by atomic mass is 10.0. The molecule has 6 aromatic rings. The molecule has 0 aliphatic heterocycles. The van der Waals surface area contributed by atoms with Gasteiger partial charge in [-0.1, -0.05) is 47.4 Å². The van der Waals surface area contributed by atoms with Gasteiger partial charge in [0.25, 0.3) is 0 Å². The van der Waals surface area contributed by atoms with Gasteiger partial charge < -0.3 is 69.4 Å². The highest BCUT2D eigenvalue weighted by atomic mass is 32.2. The molecule has 520 valence electrons. The van der Waals surface area contributed by atoms with Crippen LogP contribution in [0.15, 0.2) is 70.1 Å². The number of aromatic nitrogens is 9. The number of ketones is 1. The average molecular weight is 1410 g/mol. The van der Waals surface area contributed by atoms with Crippen molar-refractivity contribution in [1.29, 1.82) is 0 Å². The third kappa shape index (κ3) is 28.3. The quantitative estimate of drug-likeness (QED) is 0.00967. The minimum absolute atomic E-state index is 0.0216. The van der Waals surface area contributed by atoms with Crippen LogP contribution in [0.3, 0.4) is 0 Å². The van der Waals surface area contributed by atoms with Gasteiger partial charge in [0.1, 0.15) is 11.5 Å². The van der Waals surface area contributed by atoms with Crippen molar-refractivity contribution in [1.82, 2.24) is 61.1 Å². The predicted octanol–water partition coefficient (Wildman–Crippen LogP) is 4.57. The number of nitrogens with two attached hydrogens (primary N) is 1. The number of methoxy groups -OCH3 is 6. The molecule has 0 radical (unpaired) electrons. The standard InChI is InChI=1S/C20H24N6O8S.C18H22N6O6S.C17H21N7O6S/c1-5-34-15(28)10-35-19-23-17(22-18(24-19)25-26-20(30)33-4)21-12-7-6-11(8-14(27)31-2)13(9-12)16(29)32-3;1-4-30-14(27)9-31-17-21-15(20-16(22-17)23-24-18(28)29-3)19-12-6-5-11(7-10(2)25)13(26)8-12;1-4-30-12(25)8-31-16-21-14(20-15(22-16)23-24-17(27)29-3)19-9-5-6-11(18)10(7-9)13(26)28-2/h6-7,9H,5,8,10H2,1-4H3,(H,26,30)(H2,21,22,23,24,25);5-6,8,26H,4,7,9H2,1-3H3,(H,24,28)(H2,19,20,21,22,23);5-7H,4,8,18H2,1-3H3,(H,24,27)(H2,19,20,21,22,23). The van der Waals surface area contributed by atoms with E-state index in [0.29, 0.717) is 28.2 Å². The van der Waals surface area contributed by atoms with Crippen molar-refractivity contribution in [3.63, 3.8) is 0 Å². The number of aromatic hydroxyl groups is 1. The summed E-state index contributed by atoms with van der Waals surface area (Å²) in [5, 5.41) is 19.3. The molecule has 97 heavy (non-hydrogen) atoms. The molecule has 0 aliphatic rings. The number of phenols is 1. The number of phenolic OH excluding ortho intramolecular Hbond substituents is 1. The number of anilines is 10. The number of Topliss-reactive ketones (excluding diaryl/α,β-unsaturated/α-hetero) is 1. The van der Waals surface area contributed by atoms with Crippen LogP contribution in [0.2, 0.25) is 0 Å². The third-order valence-corrected chi connectivity index (χ3v) is 13.4. The maximum atomic E-state index is 12.2. The molecule has 39 nitrogen and oxygen atoms in total. The Labute approximate surface area is 564 Å². The number of benzene rings is 3. The molecule has 3 amide bonds. The molecule has 3 aromatic heterocycles.